The molecule has 7 nitrogen and oxygen atoms in total. The van der Waals surface area contributed by atoms with Gasteiger partial charge in [-0.2, -0.15) is 5.10 Å². The van der Waals surface area contributed by atoms with Gasteiger partial charge in [0.25, 0.3) is 5.91 Å². The number of hydrogen-bond donors (Lipinski definition) is 1. The standard InChI is InChI=1S/C21H21N3O4/c25-20(26)13-15-8-10-23(11-9-15)21(27)18-14-17(19-7-4-12-28-19)22-24(18)16-5-2-1-3-6-16/h1-7,12,14-15H,8-11,13H2,(H,25,26). The Morgan fingerprint density at radius 2 is 1.86 bits per heavy atom. The lowest BCUT2D eigenvalue weighted by Crippen LogP contribution is -2.39. The van der Waals surface area contributed by atoms with Crippen molar-refractivity contribution in [2.45, 2.75) is 19.3 Å². The molecular formula is C21H21N3O4. The number of aromatic nitrogens is 2. The highest BCUT2D eigenvalue weighted by atomic mass is 16.4. The van der Waals surface area contributed by atoms with Crippen molar-refractivity contribution in [3.8, 4) is 17.1 Å². The summed E-state index contributed by atoms with van der Waals surface area (Å²) in [5, 5.41) is 13.6. The van der Waals surface area contributed by atoms with Gasteiger partial charge in [-0.3, -0.25) is 9.59 Å². The second-order valence-corrected chi connectivity index (χ2v) is 6.97. The molecule has 1 fully saturated rings. The fraction of sp³-hybridized carbons (Fsp3) is 0.286. The molecule has 0 atom stereocenters. The minimum Gasteiger partial charge on any atom is -0.481 e. The molecule has 1 amide bonds. The van der Waals surface area contributed by atoms with E-state index in [0.29, 0.717) is 43.1 Å². The van der Waals surface area contributed by atoms with Gasteiger partial charge in [-0.05, 0) is 43.0 Å². The number of carboxylic acid groups (broad SMARTS) is 1. The van der Waals surface area contributed by atoms with E-state index in [1.54, 1.807) is 28.0 Å². The maximum Gasteiger partial charge on any atom is 0.303 e. The molecule has 28 heavy (non-hydrogen) atoms. The highest BCUT2D eigenvalue weighted by Gasteiger charge is 2.28. The molecule has 3 aromatic rings. The number of para-hydroxylation sites is 1. The van der Waals surface area contributed by atoms with Gasteiger partial charge in [0.15, 0.2) is 5.76 Å². The number of carbonyl (C=O) groups is 2. The van der Waals surface area contributed by atoms with Crippen molar-refractivity contribution in [3.05, 3.63) is 60.5 Å². The first-order chi connectivity index (χ1) is 13.6. The van der Waals surface area contributed by atoms with E-state index in [4.69, 9.17) is 9.52 Å². The lowest BCUT2D eigenvalue weighted by atomic mass is 9.93. The molecule has 0 aliphatic carbocycles. The SMILES string of the molecule is O=C(O)CC1CCN(C(=O)c2cc(-c3ccco3)nn2-c2ccccc2)CC1. The molecule has 1 saturated heterocycles. The van der Waals surface area contributed by atoms with Gasteiger partial charge in [-0.25, -0.2) is 4.68 Å². The van der Waals surface area contributed by atoms with Gasteiger partial charge in [0.2, 0.25) is 0 Å². The number of hydrogen-bond acceptors (Lipinski definition) is 4. The third kappa shape index (κ3) is 3.69. The van der Waals surface area contributed by atoms with Crippen molar-refractivity contribution in [1.82, 2.24) is 14.7 Å². The van der Waals surface area contributed by atoms with Gasteiger partial charge < -0.3 is 14.4 Å². The maximum atomic E-state index is 13.2. The van der Waals surface area contributed by atoms with Crippen LogP contribution in [0.2, 0.25) is 0 Å². The normalized spacial score (nSPS) is 14.9. The lowest BCUT2D eigenvalue weighted by molar-refractivity contribution is -0.138. The highest BCUT2D eigenvalue weighted by molar-refractivity contribution is 5.94. The second kappa shape index (κ2) is 7.72. The molecular weight excluding hydrogens is 358 g/mol. The Hall–Kier alpha value is -3.35. The topological polar surface area (TPSA) is 88.6 Å². The molecule has 1 aromatic carbocycles. The summed E-state index contributed by atoms with van der Waals surface area (Å²) in [4.78, 5) is 25.9. The van der Waals surface area contributed by atoms with Crippen LogP contribution in [0.1, 0.15) is 29.8 Å². The zero-order chi connectivity index (χ0) is 19.5. The number of amides is 1. The molecule has 7 heteroatoms. The summed E-state index contributed by atoms with van der Waals surface area (Å²) in [6.45, 7) is 1.10. The number of aliphatic carboxylic acids is 1. The molecule has 0 spiro atoms. The van der Waals surface area contributed by atoms with Crippen LogP contribution in [0.15, 0.2) is 59.2 Å². The van der Waals surface area contributed by atoms with E-state index in [0.717, 1.165) is 5.69 Å². The van der Waals surface area contributed by atoms with Crippen molar-refractivity contribution in [1.29, 1.82) is 0 Å². The van der Waals surface area contributed by atoms with Gasteiger partial charge in [0, 0.05) is 25.6 Å². The molecule has 1 N–H and O–H groups in total. The average molecular weight is 379 g/mol. The number of rotatable bonds is 5. The number of carboxylic acids is 1. The van der Waals surface area contributed by atoms with Crippen molar-refractivity contribution in [2.24, 2.45) is 5.92 Å². The van der Waals surface area contributed by atoms with Crippen LogP contribution >= 0.6 is 0 Å². The van der Waals surface area contributed by atoms with E-state index >= 15 is 0 Å². The van der Waals surface area contributed by atoms with Gasteiger partial charge in [0.05, 0.1) is 12.0 Å². The van der Waals surface area contributed by atoms with Crippen LogP contribution in [0, 0.1) is 5.92 Å². The van der Waals surface area contributed by atoms with E-state index in [2.05, 4.69) is 5.10 Å². The third-order valence-corrected chi connectivity index (χ3v) is 5.07. The first kappa shape index (κ1) is 18.0. The van der Waals surface area contributed by atoms with Crippen LogP contribution in [-0.4, -0.2) is 44.8 Å². The van der Waals surface area contributed by atoms with E-state index in [-0.39, 0.29) is 18.2 Å². The molecule has 0 unspecified atom stereocenters. The predicted octanol–water partition coefficient (Wildman–Crippen LogP) is 3.46. The minimum atomic E-state index is -0.782. The zero-order valence-corrected chi connectivity index (χ0v) is 15.3. The van der Waals surface area contributed by atoms with Gasteiger partial charge in [-0.1, -0.05) is 18.2 Å². The molecule has 2 aromatic heterocycles. The van der Waals surface area contributed by atoms with Crippen LogP contribution in [-0.2, 0) is 4.79 Å². The quantitative estimate of drug-likeness (QED) is 0.733. The number of furan rings is 1. The Bertz CT molecular complexity index is 955. The van der Waals surface area contributed by atoms with Crippen molar-refractivity contribution in [2.75, 3.05) is 13.1 Å². The van der Waals surface area contributed by atoms with E-state index in [1.807, 2.05) is 36.4 Å². The Balaban J connectivity index is 1.61. The maximum absolute atomic E-state index is 13.2. The monoisotopic (exact) mass is 379 g/mol. The Morgan fingerprint density at radius 3 is 2.50 bits per heavy atom. The molecule has 4 rings (SSSR count). The largest absolute Gasteiger partial charge is 0.481 e. The highest BCUT2D eigenvalue weighted by Crippen LogP contribution is 2.26. The summed E-state index contributed by atoms with van der Waals surface area (Å²) in [7, 11) is 0. The molecule has 0 saturated carbocycles. The minimum absolute atomic E-state index is 0.108. The predicted molar refractivity (Wildman–Crippen MR) is 102 cm³/mol. The fourth-order valence-electron chi connectivity index (χ4n) is 3.59. The first-order valence-electron chi connectivity index (χ1n) is 9.32. The summed E-state index contributed by atoms with van der Waals surface area (Å²) < 4.78 is 7.09. The summed E-state index contributed by atoms with van der Waals surface area (Å²) in [6.07, 6.45) is 3.13. The van der Waals surface area contributed by atoms with Crippen molar-refractivity contribution in [3.63, 3.8) is 0 Å². The Kier molecular flexibility index (Phi) is 4.97. The fourth-order valence-corrected chi connectivity index (χ4v) is 3.59. The van der Waals surface area contributed by atoms with Crippen LogP contribution in [0.4, 0.5) is 0 Å². The summed E-state index contributed by atoms with van der Waals surface area (Å²) in [5.41, 5.74) is 1.86. The number of nitrogens with zero attached hydrogens (tertiary/aromatic N) is 3. The summed E-state index contributed by atoms with van der Waals surface area (Å²) in [6, 6.07) is 14.8. The number of benzene rings is 1. The first-order valence-corrected chi connectivity index (χ1v) is 9.32. The van der Waals surface area contributed by atoms with E-state index in [9.17, 15) is 9.59 Å². The van der Waals surface area contributed by atoms with Crippen LogP contribution < -0.4 is 0 Å². The molecule has 1 aliphatic heterocycles. The number of likely N-dealkylation sites (tertiary alicyclic amines) is 1. The molecule has 0 radical (unpaired) electrons. The summed E-state index contributed by atoms with van der Waals surface area (Å²) >= 11 is 0. The smallest absolute Gasteiger partial charge is 0.303 e. The summed E-state index contributed by atoms with van der Waals surface area (Å²) in [5.74, 6) is -0.166. The van der Waals surface area contributed by atoms with Crippen molar-refractivity contribution >= 4 is 11.9 Å². The number of piperidine rings is 1. The second-order valence-electron chi connectivity index (χ2n) is 6.97. The van der Waals surface area contributed by atoms with Gasteiger partial charge in [-0.15, -0.1) is 0 Å². The van der Waals surface area contributed by atoms with Crippen LogP contribution in [0.3, 0.4) is 0 Å². The van der Waals surface area contributed by atoms with Crippen LogP contribution in [0.25, 0.3) is 17.1 Å². The Labute approximate surface area is 162 Å². The van der Waals surface area contributed by atoms with Crippen molar-refractivity contribution < 1.29 is 19.1 Å². The molecule has 144 valence electrons. The van der Waals surface area contributed by atoms with E-state index < -0.39 is 5.97 Å². The third-order valence-electron chi connectivity index (χ3n) is 5.07. The molecule has 0 bridgehead atoms. The van der Waals surface area contributed by atoms with E-state index in [1.165, 1.54) is 0 Å². The molecule has 1 aliphatic rings. The Morgan fingerprint density at radius 1 is 1.11 bits per heavy atom. The average Bonchev–Trinajstić information content (AvgIpc) is 3.38. The van der Waals surface area contributed by atoms with Gasteiger partial charge >= 0.3 is 5.97 Å². The number of carbonyl (C=O) groups excluding carboxylic acids is 1. The van der Waals surface area contributed by atoms with Crippen LogP contribution in [0.5, 0.6) is 0 Å². The zero-order valence-electron chi connectivity index (χ0n) is 15.3. The van der Waals surface area contributed by atoms with Gasteiger partial charge in [0.1, 0.15) is 11.4 Å². The lowest BCUT2D eigenvalue weighted by Gasteiger charge is -2.31. The molecule has 3 heterocycles.